The van der Waals surface area contributed by atoms with Crippen LogP contribution in [0.5, 0.6) is 5.75 Å². The fourth-order valence-corrected chi connectivity index (χ4v) is 2.88. The molecule has 7 nitrogen and oxygen atoms in total. The van der Waals surface area contributed by atoms with E-state index in [1.165, 1.54) is 7.11 Å². The molecule has 1 atom stereocenters. The summed E-state index contributed by atoms with van der Waals surface area (Å²) in [5.74, 6) is -0.180. The summed E-state index contributed by atoms with van der Waals surface area (Å²) in [6.07, 6.45) is 6.10. The van der Waals surface area contributed by atoms with Crippen LogP contribution in [0.1, 0.15) is 24.5 Å². The maximum atomic E-state index is 12.8. The van der Waals surface area contributed by atoms with Gasteiger partial charge in [0.25, 0.3) is 5.91 Å². The van der Waals surface area contributed by atoms with E-state index in [0.29, 0.717) is 18.8 Å². The van der Waals surface area contributed by atoms with E-state index in [-0.39, 0.29) is 18.5 Å². The number of methoxy groups -OCH3 is 1. The molecule has 1 aromatic heterocycles. The molecule has 0 radical (unpaired) electrons. The zero-order valence-electron chi connectivity index (χ0n) is 17.1. The Hall–Kier alpha value is -2.83. The number of aryl methyl sites for hydroxylation is 3. The van der Waals surface area contributed by atoms with E-state index >= 15 is 0 Å². The summed E-state index contributed by atoms with van der Waals surface area (Å²) in [4.78, 5) is 30.3. The van der Waals surface area contributed by atoms with Crippen molar-refractivity contribution in [1.29, 1.82) is 0 Å². The van der Waals surface area contributed by atoms with Crippen molar-refractivity contribution in [3.05, 3.63) is 48.0 Å². The zero-order chi connectivity index (χ0) is 20.5. The highest BCUT2D eigenvalue weighted by atomic mass is 16.5. The van der Waals surface area contributed by atoms with Crippen molar-refractivity contribution in [2.24, 2.45) is 5.92 Å². The number of rotatable bonds is 10. The first-order valence-corrected chi connectivity index (χ1v) is 9.42. The van der Waals surface area contributed by atoms with Gasteiger partial charge in [0.15, 0.2) is 6.61 Å². The molecular formula is C21H29N3O4. The number of imidazole rings is 1. The summed E-state index contributed by atoms with van der Waals surface area (Å²) in [7, 11) is 1.35. The van der Waals surface area contributed by atoms with Gasteiger partial charge in [-0.1, -0.05) is 19.1 Å². The minimum atomic E-state index is -0.400. The zero-order valence-corrected chi connectivity index (χ0v) is 17.1. The summed E-state index contributed by atoms with van der Waals surface area (Å²) < 4.78 is 12.5. The molecule has 0 aliphatic heterocycles. The summed E-state index contributed by atoms with van der Waals surface area (Å²) in [6, 6.07) is 5.89. The van der Waals surface area contributed by atoms with Crippen LogP contribution in [0.4, 0.5) is 0 Å². The number of esters is 1. The van der Waals surface area contributed by atoms with E-state index in [0.717, 1.165) is 24.1 Å². The number of hydrogen-bond acceptors (Lipinski definition) is 5. The molecule has 0 aliphatic rings. The number of benzene rings is 1. The lowest BCUT2D eigenvalue weighted by molar-refractivity contribution is -0.146. The molecular weight excluding hydrogens is 358 g/mol. The molecule has 0 aliphatic carbocycles. The summed E-state index contributed by atoms with van der Waals surface area (Å²) in [6.45, 7) is 7.18. The number of hydrogen-bond donors (Lipinski definition) is 0. The van der Waals surface area contributed by atoms with Gasteiger partial charge in [-0.3, -0.25) is 9.59 Å². The van der Waals surface area contributed by atoms with Gasteiger partial charge < -0.3 is 18.9 Å². The summed E-state index contributed by atoms with van der Waals surface area (Å²) >= 11 is 0. The van der Waals surface area contributed by atoms with Gasteiger partial charge in [-0.2, -0.15) is 0 Å². The number of ether oxygens (including phenoxy) is 2. The second-order valence-electron chi connectivity index (χ2n) is 6.98. The Labute approximate surface area is 166 Å². The first-order valence-electron chi connectivity index (χ1n) is 9.42. The normalized spacial score (nSPS) is 11.7. The Morgan fingerprint density at radius 2 is 2.07 bits per heavy atom. The molecule has 28 heavy (non-hydrogen) atoms. The molecule has 0 spiro atoms. The van der Waals surface area contributed by atoms with Gasteiger partial charge in [0, 0.05) is 32.0 Å². The largest absolute Gasteiger partial charge is 0.483 e. The van der Waals surface area contributed by atoms with Gasteiger partial charge in [0.2, 0.25) is 0 Å². The average molecular weight is 387 g/mol. The van der Waals surface area contributed by atoms with Gasteiger partial charge in [-0.25, -0.2) is 4.98 Å². The fraction of sp³-hybridized carbons (Fsp3) is 0.476. The van der Waals surface area contributed by atoms with Crippen molar-refractivity contribution in [3.8, 4) is 5.75 Å². The second kappa shape index (κ2) is 10.5. The molecule has 0 fully saturated rings. The second-order valence-corrected chi connectivity index (χ2v) is 6.98. The average Bonchev–Trinajstić information content (AvgIpc) is 3.20. The smallest absolute Gasteiger partial charge is 0.310 e. The standard InChI is InChI=1S/C21H29N3O4/c1-16-6-7-17(2)19(12-16)28-14-20(25)24(13-18(3)21(26)27-4)10-5-9-23-11-8-22-15-23/h6-8,11-12,15,18H,5,9-10,13-14H2,1-4H3. The number of carbonyl (C=O) groups excluding carboxylic acids is 2. The number of aromatic nitrogens is 2. The molecule has 152 valence electrons. The van der Waals surface area contributed by atoms with E-state index in [2.05, 4.69) is 4.98 Å². The Balaban J connectivity index is 1.97. The van der Waals surface area contributed by atoms with Crippen molar-refractivity contribution in [2.45, 2.75) is 33.7 Å². The van der Waals surface area contributed by atoms with Crippen LogP contribution < -0.4 is 4.74 Å². The molecule has 0 saturated carbocycles. The molecule has 0 N–H and O–H groups in total. The molecule has 1 aromatic carbocycles. The van der Waals surface area contributed by atoms with Crippen molar-refractivity contribution in [1.82, 2.24) is 14.5 Å². The monoisotopic (exact) mass is 387 g/mol. The molecule has 0 saturated heterocycles. The molecule has 1 amide bonds. The molecule has 1 unspecified atom stereocenters. The van der Waals surface area contributed by atoms with Crippen LogP contribution in [0.15, 0.2) is 36.9 Å². The maximum Gasteiger partial charge on any atom is 0.310 e. The van der Waals surface area contributed by atoms with E-state index in [9.17, 15) is 9.59 Å². The topological polar surface area (TPSA) is 73.7 Å². The van der Waals surface area contributed by atoms with Crippen molar-refractivity contribution in [2.75, 3.05) is 26.8 Å². The molecule has 2 rings (SSSR count). The molecule has 2 aromatic rings. The van der Waals surface area contributed by atoms with E-state index in [1.807, 2.05) is 42.8 Å². The first kappa shape index (κ1) is 21.5. The van der Waals surface area contributed by atoms with Crippen LogP contribution in [0.3, 0.4) is 0 Å². The van der Waals surface area contributed by atoms with Gasteiger partial charge in [-0.15, -0.1) is 0 Å². The Kier molecular flexibility index (Phi) is 8.04. The fourth-order valence-electron chi connectivity index (χ4n) is 2.88. The minimum absolute atomic E-state index is 0.0662. The third-order valence-corrected chi connectivity index (χ3v) is 4.55. The van der Waals surface area contributed by atoms with Gasteiger partial charge >= 0.3 is 5.97 Å². The Morgan fingerprint density at radius 3 is 2.75 bits per heavy atom. The Morgan fingerprint density at radius 1 is 1.29 bits per heavy atom. The first-order chi connectivity index (χ1) is 13.4. The predicted molar refractivity (Wildman–Crippen MR) is 106 cm³/mol. The predicted octanol–water partition coefficient (Wildman–Crippen LogP) is 2.61. The SMILES string of the molecule is COC(=O)C(C)CN(CCCn1ccnc1)C(=O)COc1cc(C)ccc1C. The summed E-state index contributed by atoms with van der Waals surface area (Å²) in [5, 5.41) is 0. The van der Waals surface area contributed by atoms with Crippen LogP contribution in [0.25, 0.3) is 0 Å². The van der Waals surface area contributed by atoms with Crippen molar-refractivity contribution >= 4 is 11.9 Å². The number of nitrogens with zero attached hydrogens (tertiary/aromatic N) is 3. The third kappa shape index (κ3) is 6.40. The Bertz CT molecular complexity index is 774. The van der Waals surface area contributed by atoms with Gasteiger partial charge in [0.1, 0.15) is 5.75 Å². The number of amides is 1. The highest BCUT2D eigenvalue weighted by Gasteiger charge is 2.22. The van der Waals surface area contributed by atoms with Gasteiger partial charge in [0.05, 0.1) is 19.4 Å². The van der Waals surface area contributed by atoms with Crippen LogP contribution in [0.2, 0.25) is 0 Å². The van der Waals surface area contributed by atoms with Crippen LogP contribution in [0, 0.1) is 19.8 Å². The lowest BCUT2D eigenvalue weighted by Gasteiger charge is -2.25. The molecule has 1 heterocycles. The van der Waals surface area contributed by atoms with Crippen LogP contribution in [-0.2, 0) is 20.9 Å². The number of carbonyl (C=O) groups is 2. The quantitative estimate of drug-likeness (QED) is 0.586. The van der Waals surface area contributed by atoms with E-state index in [1.54, 1.807) is 24.3 Å². The summed E-state index contributed by atoms with van der Waals surface area (Å²) in [5.41, 5.74) is 2.05. The lowest BCUT2D eigenvalue weighted by Crippen LogP contribution is -2.40. The van der Waals surface area contributed by atoms with Crippen molar-refractivity contribution < 1.29 is 19.1 Å². The minimum Gasteiger partial charge on any atom is -0.483 e. The highest BCUT2D eigenvalue weighted by molar-refractivity contribution is 5.79. The molecule has 7 heteroatoms. The van der Waals surface area contributed by atoms with Gasteiger partial charge in [-0.05, 0) is 37.5 Å². The molecule has 0 bridgehead atoms. The maximum absolute atomic E-state index is 12.8. The lowest BCUT2D eigenvalue weighted by atomic mass is 10.1. The van der Waals surface area contributed by atoms with E-state index in [4.69, 9.17) is 9.47 Å². The highest BCUT2D eigenvalue weighted by Crippen LogP contribution is 2.19. The van der Waals surface area contributed by atoms with Crippen LogP contribution >= 0.6 is 0 Å². The van der Waals surface area contributed by atoms with Crippen molar-refractivity contribution in [3.63, 3.8) is 0 Å². The van der Waals surface area contributed by atoms with Crippen LogP contribution in [-0.4, -0.2) is 53.1 Å². The van der Waals surface area contributed by atoms with E-state index < -0.39 is 5.92 Å². The third-order valence-electron chi connectivity index (χ3n) is 4.55.